The van der Waals surface area contributed by atoms with Crippen LogP contribution in [0.4, 0.5) is 10.5 Å². The van der Waals surface area contributed by atoms with Crippen LogP contribution in [0.3, 0.4) is 0 Å². The van der Waals surface area contributed by atoms with Crippen LogP contribution < -0.4 is 16.0 Å². The Labute approximate surface area is 145 Å². The molecular weight excluding hydrogens is 358 g/mol. The Balaban J connectivity index is 1.61. The van der Waals surface area contributed by atoms with Crippen molar-refractivity contribution in [2.45, 2.75) is 32.1 Å². The van der Waals surface area contributed by atoms with Crippen LogP contribution >= 0.6 is 15.9 Å². The summed E-state index contributed by atoms with van der Waals surface area (Å²) in [6.07, 6.45) is 7.88. The van der Waals surface area contributed by atoms with Crippen molar-refractivity contribution in [2.75, 3.05) is 18.4 Å². The first kappa shape index (κ1) is 17.5. The van der Waals surface area contributed by atoms with Gasteiger partial charge < -0.3 is 10.6 Å². The predicted octanol–water partition coefficient (Wildman–Crippen LogP) is 3.58. The highest BCUT2D eigenvalue weighted by Crippen LogP contribution is 2.19. The average Bonchev–Trinajstić information content (AvgIpc) is 2.55. The van der Waals surface area contributed by atoms with Crippen LogP contribution in [-0.4, -0.2) is 25.0 Å². The Morgan fingerprint density at radius 2 is 1.91 bits per heavy atom. The van der Waals surface area contributed by atoms with Crippen LogP contribution in [0.5, 0.6) is 0 Å². The molecule has 0 unspecified atom stereocenters. The van der Waals surface area contributed by atoms with E-state index in [0.29, 0.717) is 6.54 Å². The van der Waals surface area contributed by atoms with Crippen molar-refractivity contribution in [1.29, 1.82) is 0 Å². The SMILES string of the molecule is O=C(CNc1ccc(Br)cc1)NC(=O)NCCC1=CCCCC1. The van der Waals surface area contributed by atoms with Crippen molar-refractivity contribution in [1.82, 2.24) is 10.6 Å². The summed E-state index contributed by atoms with van der Waals surface area (Å²) in [5.74, 6) is -0.359. The molecule has 1 aromatic carbocycles. The molecule has 0 saturated carbocycles. The van der Waals surface area contributed by atoms with Gasteiger partial charge in [0.05, 0.1) is 6.54 Å². The quantitative estimate of drug-likeness (QED) is 0.661. The Morgan fingerprint density at radius 1 is 1.13 bits per heavy atom. The van der Waals surface area contributed by atoms with E-state index in [-0.39, 0.29) is 12.5 Å². The number of imide groups is 1. The monoisotopic (exact) mass is 379 g/mol. The van der Waals surface area contributed by atoms with Gasteiger partial charge in [0.2, 0.25) is 5.91 Å². The second-order valence-corrected chi connectivity index (χ2v) is 6.44. The zero-order valence-corrected chi connectivity index (χ0v) is 14.6. The smallest absolute Gasteiger partial charge is 0.321 e. The van der Waals surface area contributed by atoms with Crippen molar-refractivity contribution in [3.05, 3.63) is 40.4 Å². The first-order valence-corrected chi connectivity index (χ1v) is 8.68. The third kappa shape index (κ3) is 6.86. The number of anilines is 1. The summed E-state index contributed by atoms with van der Waals surface area (Å²) in [4.78, 5) is 23.4. The average molecular weight is 380 g/mol. The Bertz CT molecular complexity index is 570. The Hall–Kier alpha value is -1.82. The second-order valence-electron chi connectivity index (χ2n) is 5.52. The Morgan fingerprint density at radius 3 is 2.61 bits per heavy atom. The summed E-state index contributed by atoms with van der Waals surface area (Å²) in [7, 11) is 0. The molecule has 0 fully saturated rings. The normalized spacial score (nSPS) is 13.9. The van der Waals surface area contributed by atoms with Crippen molar-refractivity contribution >= 4 is 33.6 Å². The molecule has 3 N–H and O–H groups in total. The van der Waals surface area contributed by atoms with Gasteiger partial charge in [0.1, 0.15) is 0 Å². The lowest BCUT2D eigenvalue weighted by molar-refractivity contribution is -0.118. The van der Waals surface area contributed by atoms with Gasteiger partial charge in [0.25, 0.3) is 0 Å². The molecule has 1 aliphatic rings. The largest absolute Gasteiger partial charge is 0.376 e. The fourth-order valence-corrected chi connectivity index (χ4v) is 2.70. The number of amides is 3. The predicted molar refractivity (Wildman–Crippen MR) is 95.3 cm³/mol. The van der Waals surface area contributed by atoms with E-state index in [1.807, 2.05) is 24.3 Å². The topological polar surface area (TPSA) is 70.2 Å². The second kappa shape index (κ2) is 9.35. The molecule has 0 spiro atoms. The van der Waals surface area contributed by atoms with E-state index in [1.54, 1.807) is 0 Å². The van der Waals surface area contributed by atoms with Gasteiger partial charge in [-0.25, -0.2) is 4.79 Å². The lowest BCUT2D eigenvalue weighted by Crippen LogP contribution is -2.42. The number of allylic oxidation sites excluding steroid dienone is 1. The number of urea groups is 1. The third-order valence-electron chi connectivity index (χ3n) is 3.67. The minimum Gasteiger partial charge on any atom is -0.376 e. The fourth-order valence-electron chi connectivity index (χ4n) is 2.43. The highest BCUT2D eigenvalue weighted by molar-refractivity contribution is 9.10. The minimum absolute atomic E-state index is 0.0558. The molecule has 5 nitrogen and oxygen atoms in total. The van der Waals surface area contributed by atoms with E-state index in [0.717, 1.165) is 29.4 Å². The lowest BCUT2D eigenvalue weighted by atomic mass is 9.97. The minimum atomic E-state index is -0.441. The molecule has 0 heterocycles. The van der Waals surface area contributed by atoms with E-state index in [4.69, 9.17) is 0 Å². The van der Waals surface area contributed by atoms with E-state index in [2.05, 4.69) is 38.0 Å². The zero-order valence-electron chi connectivity index (χ0n) is 13.0. The number of carbonyl (C=O) groups is 2. The number of carbonyl (C=O) groups excluding carboxylic acids is 2. The summed E-state index contributed by atoms with van der Waals surface area (Å²) in [6.45, 7) is 0.616. The summed E-state index contributed by atoms with van der Waals surface area (Å²) in [5.41, 5.74) is 2.23. The van der Waals surface area contributed by atoms with E-state index < -0.39 is 6.03 Å². The van der Waals surface area contributed by atoms with Crippen LogP contribution in [0.25, 0.3) is 0 Å². The van der Waals surface area contributed by atoms with Crippen LogP contribution in [0.2, 0.25) is 0 Å². The molecule has 0 bridgehead atoms. The molecule has 0 atom stereocenters. The van der Waals surface area contributed by atoms with Crippen LogP contribution in [0.15, 0.2) is 40.4 Å². The maximum atomic E-state index is 11.7. The van der Waals surface area contributed by atoms with Gasteiger partial charge in [0.15, 0.2) is 0 Å². The summed E-state index contributed by atoms with van der Waals surface area (Å²) in [5, 5.41) is 8.00. The first-order valence-electron chi connectivity index (χ1n) is 7.88. The van der Waals surface area contributed by atoms with Gasteiger partial charge in [-0.3, -0.25) is 10.1 Å². The number of hydrogen-bond acceptors (Lipinski definition) is 3. The van der Waals surface area contributed by atoms with Crippen molar-refractivity contribution in [3.8, 4) is 0 Å². The van der Waals surface area contributed by atoms with Crippen molar-refractivity contribution in [3.63, 3.8) is 0 Å². The summed E-state index contributed by atoms with van der Waals surface area (Å²) in [6, 6.07) is 7.04. The van der Waals surface area contributed by atoms with Crippen molar-refractivity contribution < 1.29 is 9.59 Å². The van der Waals surface area contributed by atoms with Gasteiger partial charge in [-0.1, -0.05) is 27.6 Å². The maximum Gasteiger partial charge on any atom is 0.321 e. The van der Waals surface area contributed by atoms with Gasteiger partial charge >= 0.3 is 6.03 Å². The van der Waals surface area contributed by atoms with Crippen LogP contribution in [0.1, 0.15) is 32.1 Å². The fraction of sp³-hybridized carbons (Fsp3) is 0.412. The molecule has 1 aromatic rings. The Kier molecular flexibility index (Phi) is 7.13. The number of hydrogen-bond donors (Lipinski definition) is 3. The molecular formula is C17H22BrN3O2. The van der Waals surface area contributed by atoms with Crippen LogP contribution in [0, 0.1) is 0 Å². The number of rotatable bonds is 6. The molecule has 3 amide bonds. The lowest BCUT2D eigenvalue weighted by Gasteiger charge is -2.13. The molecule has 2 rings (SSSR count). The number of nitrogens with one attached hydrogen (secondary N) is 3. The van der Waals surface area contributed by atoms with Gasteiger partial charge in [0, 0.05) is 16.7 Å². The zero-order chi connectivity index (χ0) is 16.5. The number of halogens is 1. The molecule has 0 aliphatic heterocycles. The van der Waals surface area contributed by atoms with Gasteiger partial charge in [-0.15, -0.1) is 0 Å². The maximum absolute atomic E-state index is 11.7. The molecule has 23 heavy (non-hydrogen) atoms. The summed E-state index contributed by atoms with van der Waals surface area (Å²) < 4.78 is 0.972. The molecule has 124 valence electrons. The highest BCUT2D eigenvalue weighted by Gasteiger charge is 2.08. The van der Waals surface area contributed by atoms with E-state index >= 15 is 0 Å². The standard InChI is InChI=1S/C17H22BrN3O2/c18-14-6-8-15(9-7-14)20-12-16(22)21-17(23)19-11-10-13-4-2-1-3-5-13/h4,6-9,20H,1-3,5,10-12H2,(H2,19,21,22,23). The van der Waals surface area contributed by atoms with Crippen molar-refractivity contribution in [2.24, 2.45) is 0 Å². The third-order valence-corrected chi connectivity index (χ3v) is 4.20. The molecule has 1 aliphatic carbocycles. The molecule has 6 heteroatoms. The van der Waals surface area contributed by atoms with Crippen LogP contribution in [-0.2, 0) is 4.79 Å². The molecule has 0 aromatic heterocycles. The highest BCUT2D eigenvalue weighted by atomic mass is 79.9. The molecule has 0 radical (unpaired) electrons. The van der Waals surface area contributed by atoms with E-state index in [1.165, 1.54) is 18.4 Å². The number of benzene rings is 1. The summed E-state index contributed by atoms with van der Waals surface area (Å²) >= 11 is 3.35. The first-order chi connectivity index (χ1) is 11.1. The van der Waals surface area contributed by atoms with Gasteiger partial charge in [-0.05, 0) is 56.4 Å². The molecule has 0 saturated heterocycles. The van der Waals surface area contributed by atoms with Gasteiger partial charge in [-0.2, -0.15) is 0 Å². The van der Waals surface area contributed by atoms with E-state index in [9.17, 15) is 9.59 Å².